The van der Waals surface area contributed by atoms with Gasteiger partial charge in [0.2, 0.25) is 0 Å². The molecule has 2 aromatic heterocycles. The Morgan fingerprint density at radius 1 is 0.339 bits per heavy atom. The maximum absolute atomic E-state index is 6.33. The monoisotopic (exact) mass is 712 g/mol. The molecule has 2 aliphatic rings. The van der Waals surface area contributed by atoms with Crippen molar-refractivity contribution in [1.82, 2.24) is 9.97 Å². The van der Waals surface area contributed by atoms with E-state index in [1.165, 1.54) is 55.6 Å². The number of hydrogen-bond donors (Lipinski definition) is 0. The van der Waals surface area contributed by atoms with Gasteiger partial charge in [0.1, 0.15) is 11.2 Å². The summed E-state index contributed by atoms with van der Waals surface area (Å²) in [5.74, 6) is 0.675. The predicted molar refractivity (Wildman–Crippen MR) is 227 cm³/mol. The first kappa shape index (κ1) is 31.0. The van der Waals surface area contributed by atoms with E-state index < -0.39 is 5.41 Å². The van der Waals surface area contributed by atoms with Crippen molar-refractivity contribution in [3.05, 3.63) is 216 Å². The SMILES string of the molecule is c1ccc(-c2cc(-c3cccc4oc5ccccc5c34)nc(-c3ccc4c(c3)-c3ccccc3-c3ccccc3C43c4ccccc4-c4ccccc43)n2)cc1. The standard InChI is InChI=1S/C53H32N2O/c1-2-15-33(16-3-1)47-32-48(40-23-14-28-50-51(40)41-22-9-13-27-49(41)56-50)55-52(54-47)34-29-30-46-42(31-34)36-18-5-4-17-35(36)37-19-6-10-24-43(37)53(46)44-25-11-7-20-38(44)39-21-8-12-26-45(39)53/h1-32H. The van der Waals surface area contributed by atoms with Crippen LogP contribution in [0.15, 0.2) is 199 Å². The second kappa shape index (κ2) is 11.8. The van der Waals surface area contributed by atoms with Gasteiger partial charge in [0, 0.05) is 27.5 Å². The average molecular weight is 713 g/mol. The number of fused-ring (bicyclic) bond motifs is 15. The van der Waals surface area contributed by atoms with Gasteiger partial charge in [0.05, 0.1) is 16.8 Å². The van der Waals surface area contributed by atoms with Crippen LogP contribution in [0, 0.1) is 0 Å². The van der Waals surface area contributed by atoms with E-state index in [9.17, 15) is 0 Å². The van der Waals surface area contributed by atoms with Crippen molar-refractivity contribution in [3.8, 4) is 67.3 Å². The lowest BCUT2D eigenvalue weighted by atomic mass is 9.66. The zero-order valence-electron chi connectivity index (χ0n) is 30.3. The molecule has 0 amide bonds. The number of furan rings is 1. The smallest absolute Gasteiger partial charge is 0.160 e. The van der Waals surface area contributed by atoms with Gasteiger partial charge in [-0.05, 0) is 79.9 Å². The molecule has 10 aromatic rings. The van der Waals surface area contributed by atoms with E-state index in [1.54, 1.807) is 0 Å². The molecule has 0 bridgehead atoms. The molecule has 0 atom stereocenters. The van der Waals surface area contributed by atoms with Crippen LogP contribution in [0.5, 0.6) is 0 Å². The van der Waals surface area contributed by atoms with Crippen LogP contribution < -0.4 is 0 Å². The van der Waals surface area contributed by atoms with Crippen LogP contribution in [0.3, 0.4) is 0 Å². The molecule has 3 heteroatoms. The summed E-state index contributed by atoms with van der Waals surface area (Å²) in [7, 11) is 0. The highest BCUT2D eigenvalue weighted by molar-refractivity contribution is 6.12. The highest BCUT2D eigenvalue weighted by Gasteiger charge is 2.49. The lowest BCUT2D eigenvalue weighted by molar-refractivity contribution is 0.669. The molecule has 0 fully saturated rings. The molecule has 2 aliphatic carbocycles. The quantitative estimate of drug-likeness (QED) is 0.183. The minimum Gasteiger partial charge on any atom is -0.456 e. The normalized spacial score (nSPS) is 13.1. The van der Waals surface area contributed by atoms with E-state index in [0.29, 0.717) is 5.82 Å². The maximum Gasteiger partial charge on any atom is 0.160 e. The predicted octanol–water partition coefficient (Wildman–Crippen LogP) is 13.4. The highest BCUT2D eigenvalue weighted by Crippen LogP contribution is 2.61. The van der Waals surface area contributed by atoms with E-state index in [2.05, 4.69) is 170 Å². The van der Waals surface area contributed by atoms with Gasteiger partial charge in [-0.15, -0.1) is 0 Å². The third-order valence-corrected chi connectivity index (χ3v) is 11.9. The van der Waals surface area contributed by atoms with E-state index in [1.807, 2.05) is 24.3 Å². The van der Waals surface area contributed by atoms with Gasteiger partial charge >= 0.3 is 0 Å². The van der Waals surface area contributed by atoms with Crippen molar-refractivity contribution in [2.45, 2.75) is 5.41 Å². The third-order valence-electron chi connectivity index (χ3n) is 11.9. The first-order valence-corrected chi connectivity index (χ1v) is 19.2. The van der Waals surface area contributed by atoms with Gasteiger partial charge in [-0.2, -0.15) is 0 Å². The van der Waals surface area contributed by atoms with Crippen molar-refractivity contribution < 1.29 is 4.42 Å². The summed E-state index contributed by atoms with van der Waals surface area (Å²) in [5, 5.41) is 2.13. The molecule has 56 heavy (non-hydrogen) atoms. The zero-order valence-corrected chi connectivity index (χ0v) is 30.3. The van der Waals surface area contributed by atoms with E-state index >= 15 is 0 Å². The number of aromatic nitrogens is 2. The van der Waals surface area contributed by atoms with Gasteiger partial charge in [-0.25, -0.2) is 9.97 Å². The Balaban J connectivity index is 1.16. The molecule has 12 rings (SSSR count). The number of rotatable bonds is 3. The Morgan fingerprint density at radius 3 is 1.57 bits per heavy atom. The van der Waals surface area contributed by atoms with Crippen molar-refractivity contribution in [2.24, 2.45) is 0 Å². The molecule has 0 radical (unpaired) electrons. The fourth-order valence-corrected chi connectivity index (χ4v) is 9.65. The van der Waals surface area contributed by atoms with Crippen LogP contribution in [0.25, 0.3) is 89.2 Å². The van der Waals surface area contributed by atoms with Gasteiger partial charge in [0.15, 0.2) is 5.82 Å². The third kappa shape index (κ3) is 4.28. The van der Waals surface area contributed by atoms with Gasteiger partial charge in [0.25, 0.3) is 0 Å². The first-order valence-electron chi connectivity index (χ1n) is 19.2. The van der Waals surface area contributed by atoms with Crippen LogP contribution in [-0.4, -0.2) is 9.97 Å². The largest absolute Gasteiger partial charge is 0.456 e. The fourth-order valence-electron chi connectivity index (χ4n) is 9.65. The summed E-state index contributed by atoms with van der Waals surface area (Å²) in [6, 6.07) is 69.7. The van der Waals surface area contributed by atoms with Crippen molar-refractivity contribution in [3.63, 3.8) is 0 Å². The van der Waals surface area contributed by atoms with E-state index in [4.69, 9.17) is 14.4 Å². The lowest BCUT2D eigenvalue weighted by Gasteiger charge is -2.35. The lowest BCUT2D eigenvalue weighted by Crippen LogP contribution is -2.29. The Labute approximate surface area is 324 Å². The van der Waals surface area contributed by atoms with Crippen molar-refractivity contribution >= 4 is 21.9 Å². The fraction of sp³-hybridized carbons (Fsp3) is 0.0189. The second-order valence-electron chi connectivity index (χ2n) is 14.8. The molecule has 0 unspecified atom stereocenters. The van der Waals surface area contributed by atoms with Crippen molar-refractivity contribution in [2.75, 3.05) is 0 Å². The minimum absolute atomic E-state index is 0.535. The van der Waals surface area contributed by atoms with Gasteiger partial charge in [-0.1, -0.05) is 170 Å². The summed E-state index contributed by atoms with van der Waals surface area (Å²) in [6.07, 6.45) is 0. The molecule has 260 valence electrons. The number of hydrogen-bond acceptors (Lipinski definition) is 3. The Bertz CT molecular complexity index is 3170. The highest BCUT2D eigenvalue weighted by atomic mass is 16.3. The van der Waals surface area contributed by atoms with Gasteiger partial charge < -0.3 is 4.42 Å². The number of nitrogens with zero attached hydrogens (tertiary/aromatic N) is 2. The summed E-state index contributed by atoms with van der Waals surface area (Å²) >= 11 is 0. The van der Waals surface area contributed by atoms with Crippen LogP contribution in [0.4, 0.5) is 0 Å². The summed E-state index contributed by atoms with van der Waals surface area (Å²) < 4.78 is 6.33. The van der Waals surface area contributed by atoms with Crippen LogP contribution >= 0.6 is 0 Å². The van der Waals surface area contributed by atoms with Crippen LogP contribution in [-0.2, 0) is 5.41 Å². The summed E-state index contributed by atoms with van der Waals surface area (Å²) in [5.41, 5.74) is 18.5. The molecule has 3 nitrogen and oxygen atoms in total. The molecular formula is C53H32N2O. The van der Waals surface area contributed by atoms with Crippen LogP contribution in [0.2, 0.25) is 0 Å². The minimum atomic E-state index is -0.535. The van der Waals surface area contributed by atoms with Gasteiger partial charge in [-0.3, -0.25) is 0 Å². The molecule has 0 aliphatic heterocycles. The second-order valence-corrected chi connectivity index (χ2v) is 14.8. The number of benzene rings is 8. The van der Waals surface area contributed by atoms with E-state index in [-0.39, 0.29) is 0 Å². The molecule has 0 saturated carbocycles. The zero-order chi connectivity index (χ0) is 36.8. The maximum atomic E-state index is 6.33. The summed E-state index contributed by atoms with van der Waals surface area (Å²) in [4.78, 5) is 10.7. The molecular weight excluding hydrogens is 681 g/mol. The molecule has 8 aromatic carbocycles. The number of para-hydroxylation sites is 1. The summed E-state index contributed by atoms with van der Waals surface area (Å²) in [6.45, 7) is 0. The Hall–Kier alpha value is -7.36. The topological polar surface area (TPSA) is 38.9 Å². The molecule has 1 spiro atoms. The average Bonchev–Trinajstić information content (AvgIpc) is 3.77. The van der Waals surface area contributed by atoms with Crippen LogP contribution in [0.1, 0.15) is 22.3 Å². The molecule has 2 heterocycles. The van der Waals surface area contributed by atoms with E-state index in [0.717, 1.165) is 50.0 Å². The molecule has 0 saturated heterocycles. The Kier molecular flexibility index (Phi) is 6.55. The first-order chi connectivity index (χ1) is 27.8. The van der Waals surface area contributed by atoms with Crippen molar-refractivity contribution in [1.29, 1.82) is 0 Å². The molecule has 0 N–H and O–H groups in total. The Morgan fingerprint density at radius 2 is 0.857 bits per heavy atom.